The Hall–Kier alpha value is -2.36. The molecule has 4 nitrogen and oxygen atoms in total. The van der Waals surface area contributed by atoms with Crippen LogP contribution in [-0.4, -0.2) is 15.0 Å². The summed E-state index contributed by atoms with van der Waals surface area (Å²) in [4.78, 5) is -0.149. The van der Waals surface area contributed by atoms with Crippen LogP contribution in [0.2, 0.25) is 0 Å². The third-order valence-corrected chi connectivity index (χ3v) is 3.97. The number of hydrogen-bond donors (Lipinski definition) is 2. The summed E-state index contributed by atoms with van der Waals surface area (Å²) in [6.07, 6.45) is 0. The molecule has 0 bridgehead atoms. The molecule has 0 amide bonds. The lowest BCUT2D eigenvalue weighted by atomic mass is 10.2. The van der Waals surface area contributed by atoms with Crippen molar-refractivity contribution in [2.24, 2.45) is 5.73 Å². The van der Waals surface area contributed by atoms with E-state index in [1.807, 2.05) is 0 Å². The Morgan fingerprint density at radius 3 is 2.62 bits per heavy atom. The molecule has 0 aliphatic carbocycles. The zero-order chi connectivity index (χ0) is 15.3. The number of halogens is 1. The van der Waals surface area contributed by atoms with Gasteiger partial charge in [0.2, 0.25) is 0 Å². The van der Waals surface area contributed by atoms with Crippen molar-refractivity contribution in [3.8, 4) is 11.8 Å². The lowest BCUT2D eigenvalue weighted by molar-refractivity contribution is 0.595. The Labute approximate surface area is 122 Å². The summed E-state index contributed by atoms with van der Waals surface area (Å²) in [7, 11) is -3.87. The summed E-state index contributed by atoms with van der Waals surface area (Å²) in [5.74, 6) is 4.83. The maximum Gasteiger partial charge on any atom is 0.262 e. The van der Waals surface area contributed by atoms with Crippen LogP contribution in [0.5, 0.6) is 0 Å². The highest BCUT2D eigenvalue weighted by atomic mass is 32.2. The zero-order valence-corrected chi connectivity index (χ0v) is 11.8. The third kappa shape index (κ3) is 3.81. The van der Waals surface area contributed by atoms with E-state index in [4.69, 9.17) is 5.73 Å². The SMILES string of the molecule is NCC#Cc1ccccc1NS(=O)(=O)c1cccc(F)c1. The number of nitrogens with two attached hydrogens (primary N) is 1. The highest BCUT2D eigenvalue weighted by Gasteiger charge is 2.16. The molecule has 108 valence electrons. The van der Waals surface area contributed by atoms with Gasteiger partial charge in [-0.2, -0.15) is 0 Å². The molecule has 0 aliphatic rings. The number of rotatable bonds is 3. The molecule has 0 aliphatic heterocycles. The monoisotopic (exact) mass is 304 g/mol. The zero-order valence-electron chi connectivity index (χ0n) is 11.0. The smallest absolute Gasteiger partial charge is 0.262 e. The van der Waals surface area contributed by atoms with Crippen LogP contribution >= 0.6 is 0 Å². The molecule has 0 atom stereocenters. The van der Waals surface area contributed by atoms with Crippen molar-refractivity contribution in [1.82, 2.24) is 0 Å². The first-order chi connectivity index (χ1) is 10.0. The van der Waals surface area contributed by atoms with Gasteiger partial charge in [0, 0.05) is 5.56 Å². The third-order valence-electron chi connectivity index (χ3n) is 2.60. The van der Waals surface area contributed by atoms with E-state index in [1.54, 1.807) is 24.3 Å². The average molecular weight is 304 g/mol. The summed E-state index contributed by atoms with van der Waals surface area (Å²) in [5, 5.41) is 0. The minimum absolute atomic E-state index is 0.149. The molecule has 0 aromatic heterocycles. The molecular weight excluding hydrogens is 291 g/mol. The summed E-state index contributed by atoms with van der Waals surface area (Å²) in [5.41, 5.74) is 6.13. The van der Waals surface area contributed by atoms with E-state index < -0.39 is 15.8 Å². The van der Waals surface area contributed by atoms with E-state index in [0.717, 1.165) is 6.07 Å². The van der Waals surface area contributed by atoms with Gasteiger partial charge in [-0.15, -0.1) is 0 Å². The Morgan fingerprint density at radius 1 is 1.14 bits per heavy atom. The first-order valence-corrected chi connectivity index (χ1v) is 7.57. The van der Waals surface area contributed by atoms with Gasteiger partial charge in [-0.3, -0.25) is 4.72 Å². The van der Waals surface area contributed by atoms with E-state index in [0.29, 0.717) is 11.3 Å². The molecule has 2 rings (SSSR count). The van der Waals surface area contributed by atoms with Crippen molar-refractivity contribution in [3.05, 3.63) is 59.9 Å². The topological polar surface area (TPSA) is 72.2 Å². The molecule has 0 heterocycles. The number of nitrogens with one attached hydrogen (secondary N) is 1. The molecule has 3 N–H and O–H groups in total. The Bertz CT molecular complexity index is 808. The van der Waals surface area contributed by atoms with E-state index in [1.165, 1.54) is 18.2 Å². The number of para-hydroxylation sites is 1. The van der Waals surface area contributed by atoms with E-state index in [-0.39, 0.29) is 11.4 Å². The standard InChI is InChI=1S/C15H13FN2O2S/c16-13-7-3-8-14(11-13)21(19,20)18-15-9-2-1-5-12(15)6-4-10-17/h1-3,5,7-9,11,18H,10,17H2. The van der Waals surface area contributed by atoms with Crippen LogP contribution < -0.4 is 10.5 Å². The Kier molecular flexibility index (Phi) is 4.58. The summed E-state index contributed by atoms with van der Waals surface area (Å²) in [6, 6.07) is 11.5. The van der Waals surface area contributed by atoms with Gasteiger partial charge >= 0.3 is 0 Å². The number of hydrogen-bond acceptors (Lipinski definition) is 3. The van der Waals surface area contributed by atoms with E-state index >= 15 is 0 Å². The largest absolute Gasteiger partial charge is 0.320 e. The van der Waals surface area contributed by atoms with Crippen LogP contribution in [0.4, 0.5) is 10.1 Å². The molecule has 0 saturated heterocycles. The first-order valence-electron chi connectivity index (χ1n) is 6.09. The molecule has 21 heavy (non-hydrogen) atoms. The molecule has 6 heteroatoms. The fraction of sp³-hybridized carbons (Fsp3) is 0.0667. The van der Waals surface area contributed by atoms with Gasteiger partial charge in [0.15, 0.2) is 0 Å². The van der Waals surface area contributed by atoms with Crippen LogP contribution in [0.3, 0.4) is 0 Å². The van der Waals surface area contributed by atoms with Gasteiger partial charge in [-0.1, -0.05) is 30.0 Å². The van der Waals surface area contributed by atoms with Crippen molar-refractivity contribution in [2.45, 2.75) is 4.90 Å². The molecule has 0 fully saturated rings. The number of anilines is 1. The van der Waals surface area contributed by atoms with E-state index in [9.17, 15) is 12.8 Å². The van der Waals surface area contributed by atoms with Gasteiger partial charge in [-0.05, 0) is 30.3 Å². The quantitative estimate of drug-likeness (QED) is 0.851. The molecule has 0 unspecified atom stereocenters. The lowest BCUT2D eigenvalue weighted by Gasteiger charge is -2.09. The van der Waals surface area contributed by atoms with Crippen LogP contribution in [0.1, 0.15) is 5.56 Å². The maximum atomic E-state index is 13.2. The molecule has 0 radical (unpaired) electrons. The molecule has 0 saturated carbocycles. The van der Waals surface area contributed by atoms with Crippen LogP contribution in [0.15, 0.2) is 53.4 Å². The van der Waals surface area contributed by atoms with Crippen LogP contribution in [0, 0.1) is 17.7 Å². The first kappa shape index (κ1) is 15.0. The van der Waals surface area contributed by atoms with Gasteiger partial charge in [0.05, 0.1) is 17.1 Å². The molecular formula is C15H13FN2O2S. The van der Waals surface area contributed by atoms with Gasteiger partial charge in [-0.25, -0.2) is 12.8 Å². The van der Waals surface area contributed by atoms with Gasteiger partial charge in [0.1, 0.15) is 5.82 Å². The second-order valence-electron chi connectivity index (χ2n) is 4.11. The summed E-state index contributed by atoms with van der Waals surface area (Å²) >= 11 is 0. The second kappa shape index (κ2) is 6.39. The van der Waals surface area contributed by atoms with Crippen molar-refractivity contribution in [3.63, 3.8) is 0 Å². The number of benzene rings is 2. The molecule has 2 aromatic rings. The predicted molar refractivity (Wildman–Crippen MR) is 79.6 cm³/mol. The summed E-state index contributed by atoms with van der Waals surface area (Å²) < 4.78 is 40.0. The fourth-order valence-electron chi connectivity index (χ4n) is 1.67. The average Bonchev–Trinajstić information content (AvgIpc) is 2.46. The van der Waals surface area contributed by atoms with Crippen molar-refractivity contribution < 1.29 is 12.8 Å². The maximum absolute atomic E-state index is 13.2. The highest BCUT2D eigenvalue weighted by molar-refractivity contribution is 7.92. The lowest BCUT2D eigenvalue weighted by Crippen LogP contribution is -2.14. The highest BCUT2D eigenvalue weighted by Crippen LogP contribution is 2.19. The Balaban J connectivity index is 2.38. The number of sulfonamides is 1. The fourth-order valence-corrected chi connectivity index (χ4v) is 2.78. The van der Waals surface area contributed by atoms with Crippen molar-refractivity contribution in [2.75, 3.05) is 11.3 Å². The molecule has 0 spiro atoms. The van der Waals surface area contributed by atoms with Crippen LogP contribution in [0.25, 0.3) is 0 Å². The molecule has 2 aromatic carbocycles. The minimum atomic E-state index is -3.87. The second-order valence-corrected chi connectivity index (χ2v) is 5.80. The van der Waals surface area contributed by atoms with Gasteiger partial charge in [0.25, 0.3) is 10.0 Å². The summed E-state index contributed by atoms with van der Waals surface area (Å²) in [6.45, 7) is 0.172. The van der Waals surface area contributed by atoms with Crippen LogP contribution in [-0.2, 0) is 10.0 Å². The van der Waals surface area contributed by atoms with Gasteiger partial charge < -0.3 is 5.73 Å². The van der Waals surface area contributed by atoms with E-state index in [2.05, 4.69) is 16.6 Å². The minimum Gasteiger partial charge on any atom is -0.320 e. The predicted octanol–water partition coefficient (Wildman–Crippen LogP) is 1.94. The van der Waals surface area contributed by atoms with Crippen molar-refractivity contribution in [1.29, 1.82) is 0 Å². The van der Waals surface area contributed by atoms with Crippen molar-refractivity contribution >= 4 is 15.7 Å². The Morgan fingerprint density at radius 2 is 1.90 bits per heavy atom. The normalized spacial score (nSPS) is 10.6.